The van der Waals surface area contributed by atoms with E-state index in [1.165, 1.54) is 28.3 Å². The molecule has 0 aromatic heterocycles. The van der Waals surface area contributed by atoms with Crippen molar-refractivity contribution in [3.8, 4) is 0 Å². The van der Waals surface area contributed by atoms with Gasteiger partial charge in [-0.1, -0.05) is 70.7 Å². The molecule has 1 aromatic carbocycles. The molecule has 0 radical (unpaired) electrons. The number of hydrogen-bond acceptors (Lipinski definition) is 1. The van der Waals surface area contributed by atoms with Crippen molar-refractivity contribution >= 4 is 13.9 Å². The van der Waals surface area contributed by atoms with Crippen LogP contribution in [0.2, 0.25) is 17.1 Å². The van der Waals surface area contributed by atoms with Gasteiger partial charge < -0.3 is 4.43 Å². The third-order valence-corrected chi connectivity index (χ3v) is 12.3. The zero-order valence-corrected chi connectivity index (χ0v) is 17.9. The zero-order chi connectivity index (χ0) is 18.9. The van der Waals surface area contributed by atoms with Gasteiger partial charge in [-0.2, -0.15) is 0 Å². The van der Waals surface area contributed by atoms with Crippen molar-refractivity contribution in [2.45, 2.75) is 70.2 Å². The lowest BCUT2D eigenvalue weighted by atomic mass is 9.91. The normalized spacial score (nSPS) is 25.1. The van der Waals surface area contributed by atoms with E-state index in [2.05, 4.69) is 71.2 Å². The summed E-state index contributed by atoms with van der Waals surface area (Å²) in [5.74, 6) is 0.623. The first-order valence-electron chi connectivity index (χ1n) is 10.2. The van der Waals surface area contributed by atoms with Gasteiger partial charge in [-0.05, 0) is 64.6 Å². The van der Waals surface area contributed by atoms with Crippen LogP contribution in [0.1, 0.15) is 52.5 Å². The second-order valence-corrected chi connectivity index (χ2v) is 13.5. The van der Waals surface area contributed by atoms with Gasteiger partial charge in [0.1, 0.15) is 0 Å². The molecule has 26 heavy (non-hydrogen) atoms. The molecule has 1 nitrogen and oxygen atoms in total. The van der Waals surface area contributed by atoms with Crippen LogP contribution in [0.4, 0.5) is 0 Å². The molecule has 0 saturated carbocycles. The predicted octanol–water partition coefficient (Wildman–Crippen LogP) is 7.15. The predicted molar refractivity (Wildman–Crippen MR) is 116 cm³/mol. The van der Waals surface area contributed by atoms with E-state index < -0.39 is 8.32 Å². The van der Waals surface area contributed by atoms with Crippen LogP contribution in [0, 0.1) is 5.92 Å². The summed E-state index contributed by atoms with van der Waals surface area (Å²) in [6.07, 6.45) is 5.44. The highest BCUT2D eigenvalue weighted by Gasteiger charge is 2.52. The second-order valence-electron chi connectivity index (χ2n) is 8.64. The molecule has 0 spiro atoms. The van der Waals surface area contributed by atoms with Crippen LogP contribution in [0.3, 0.4) is 0 Å². The van der Waals surface area contributed by atoms with E-state index in [1.807, 2.05) is 6.08 Å². The van der Waals surface area contributed by atoms with Crippen molar-refractivity contribution in [1.82, 2.24) is 0 Å². The van der Waals surface area contributed by atoms with Crippen LogP contribution >= 0.6 is 0 Å². The summed E-state index contributed by atoms with van der Waals surface area (Å²) >= 11 is 0. The maximum Gasteiger partial charge on any atom is 0.199 e. The van der Waals surface area contributed by atoms with Crippen molar-refractivity contribution in [2.24, 2.45) is 5.92 Å². The smallest absolute Gasteiger partial charge is 0.199 e. The number of fused-ring (bicyclic) bond motifs is 1. The summed E-state index contributed by atoms with van der Waals surface area (Å²) in [7, 11) is -1.81. The molecular formula is C24H34OSi. The van der Waals surface area contributed by atoms with Crippen LogP contribution in [0.5, 0.6) is 0 Å². The standard InChI is InChI=1S/C24H34OSi/c1-7-8-14-22-24-21(16-26(25-22,17(2)3)18(4)5)15-19(6)23(24)20-12-10-9-11-13-20/h7,9-13,17-18,21-22H,1,6,8,14-16H2,2-5H3. The van der Waals surface area contributed by atoms with Crippen molar-refractivity contribution in [1.29, 1.82) is 0 Å². The summed E-state index contributed by atoms with van der Waals surface area (Å²) in [5, 5.41) is 0. The van der Waals surface area contributed by atoms with E-state index in [9.17, 15) is 0 Å². The molecule has 0 bridgehead atoms. The molecule has 2 aliphatic rings. The van der Waals surface area contributed by atoms with Gasteiger partial charge in [0.2, 0.25) is 0 Å². The van der Waals surface area contributed by atoms with Gasteiger partial charge in [0.15, 0.2) is 8.32 Å². The van der Waals surface area contributed by atoms with E-state index in [0.29, 0.717) is 17.0 Å². The lowest BCUT2D eigenvalue weighted by molar-refractivity contribution is 0.170. The fraction of sp³-hybridized carbons (Fsp3) is 0.500. The average molecular weight is 367 g/mol. The second kappa shape index (κ2) is 7.70. The number of allylic oxidation sites excluding steroid dienone is 3. The number of rotatable bonds is 6. The monoisotopic (exact) mass is 366 g/mol. The van der Waals surface area contributed by atoms with Crippen molar-refractivity contribution in [3.05, 3.63) is 66.3 Å². The molecule has 140 valence electrons. The molecule has 1 heterocycles. The first kappa shape index (κ1) is 19.4. The molecule has 2 atom stereocenters. The van der Waals surface area contributed by atoms with Gasteiger partial charge in [-0.15, -0.1) is 6.58 Å². The summed E-state index contributed by atoms with van der Waals surface area (Å²) < 4.78 is 7.11. The Morgan fingerprint density at radius 2 is 1.81 bits per heavy atom. The Bertz CT molecular complexity index is 690. The van der Waals surface area contributed by atoms with Gasteiger partial charge in [0, 0.05) is 0 Å². The average Bonchev–Trinajstić information content (AvgIpc) is 2.95. The molecule has 2 unspecified atom stereocenters. The maximum absolute atomic E-state index is 7.11. The third kappa shape index (κ3) is 3.30. The summed E-state index contributed by atoms with van der Waals surface area (Å²) in [6, 6.07) is 12.1. The molecule has 0 amide bonds. The minimum Gasteiger partial charge on any atom is -0.410 e. The Morgan fingerprint density at radius 1 is 1.15 bits per heavy atom. The molecule has 2 heteroatoms. The van der Waals surface area contributed by atoms with Crippen molar-refractivity contribution in [2.75, 3.05) is 0 Å². The highest BCUT2D eigenvalue weighted by atomic mass is 28.4. The quantitative estimate of drug-likeness (QED) is 0.384. The van der Waals surface area contributed by atoms with Crippen LogP contribution in [0.15, 0.2) is 60.7 Å². The molecule has 1 aromatic rings. The number of hydrogen-bond donors (Lipinski definition) is 0. The van der Waals surface area contributed by atoms with Crippen molar-refractivity contribution < 1.29 is 4.43 Å². The van der Waals surface area contributed by atoms with E-state index >= 15 is 0 Å². The summed E-state index contributed by atoms with van der Waals surface area (Å²) in [6.45, 7) is 18.0. The SMILES string of the molecule is C=CCCC1O[Si](C(C)C)(C(C)C)CC2CC(=C)C(c3ccccc3)=C21. The molecule has 1 fully saturated rings. The van der Waals surface area contributed by atoms with E-state index in [0.717, 1.165) is 19.3 Å². The minimum atomic E-state index is -1.81. The van der Waals surface area contributed by atoms with Gasteiger partial charge in [-0.3, -0.25) is 0 Å². The highest BCUT2D eigenvalue weighted by Crippen LogP contribution is 2.55. The van der Waals surface area contributed by atoms with Crippen molar-refractivity contribution in [3.63, 3.8) is 0 Å². The van der Waals surface area contributed by atoms with Gasteiger partial charge >= 0.3 is 0 Å². The minimum absolute atomic E-state index is 0.234. The van der Waals surface area contributed by atoms with E-state index in [-0.39, 0.29) is 6.10 Å². The van der Waals surface area contributed by atoms with E-state index in [4.69, 9.17) is 4.43 Å². The third-order valence-electron chi connectivity index (χ3n) is 6.50. The molecule has 1 aliphatic carbocycles. The zero-order valence-electron chi connectivity index (χ0n) is 16.9. The number of benzene rings is 1. The maximum atomic E-state index is 7.11. The lowest BCUT2D eigenvalue weighted by Gasteiger charge is -2.48. The Hall–Kier alpha value is -1.38. The van der Waals surface area contributed by atoms with Gasteiger partial charge in [0.05, 0.1) is 6.10 Å². The first-order chi connectivity index (χ1) is 12.4. The molecule has 0 N–H and O–H groups in total. The van der Waals surface area contributed by atoms with Crippen LogP contribution in [-0.2, 0) is 4.43 Å². The summed E-state index contributed by atoms with van der Waals surface area (Å²) in [4.78, 5) is 0. The fourth-order valence-corrected chi connectivity index (χ4v) is 9.98. The lowest BCUT2D eigenvalue weighted by Crippen LogP contribution is -2.53. The van der Waals surface area contributed by atoms with Gasteiger partial charge in [0.25, 0.3) is 0 Å². The molecule has 1 aliphatic heterocycles. The molecule has 3 rings (SSSR count). The molecular weight excluding hydrogens is 332 g/mol. The largest absolute Gasteiger partial charge is 0.410 e. The Kier molecular flexibility index (Phi) is 5.74. The highest BCUT2D eigenvalue weighted by molar-refractivity contribution is 6.76. The summed E-state index contributed by atoms with van der Waals surface area (Å²) in [5.41, 5.74) is 6.83. The fourth-order valence-electron chi connectivity index (χ4n) is 5.15. The van der Waals surface area contributed by atoms with Crippen LogP contribution < -0.4 is 0 Å². The Labute approximate surface area is 161 Å². The Morgan fingerprint density at radius 3 is 2.38 bits per heavy atom. The van der Waals surface area contributed by atoms with E-state index in [1.54, 1.807) is 0 Å². The topological polar surface area (TPSA) is 9.23 Å². The Balaban J connectivity index is 2.09. The molecule has 1 saturated heterocycles. The first-order valence-corrected chi connectivity index (χ1v) is 12.4. The van der Waals surface area contributed by atoms with Crippen LogP contribution in [0.25, 0.3) is 5.57 Å². The van der Waals surface area contributed by atoms with Gasteiger partial charge in [-0.25, -0.2) is 0 Å². The van der Waals surface area contributed by atoms with Crippen LogP contribution in [-0.4, -0.2) is 14.4 Å².